The van der Waals surface area contributed by atoms with Crippen molar-refractivity contribution in [3.05, 3.63) is 69.4 Å². The maximum Gasteiger partial charge on any atom is 0.329 e. The van der Waals surface area contributed by atoms with Crippen molar-refractivity contribution in [1.82, 2.24) is 34.1 Å². The number of carbonyl (C=O) groups is 1. The number of carbonyl (C=O) groups excluding carboxylic acids is 1. The Morgan fingerprint density at radius 1 is 1.12 bits per heavy atom. The number of hydrogen-bond acceptors (Lipinski definition) is 7. The SMILES string of the molecule is Cn1ccnc1-c1sc(NC(=O)CCc2nc3c([nH]2)c(=O)[nH]c(=O)n3C)nc1-c1ccccc1. The van der Waals surface area contributed by atoms with Crippen molar-refractivity contribution in [3.63, 3.8) is 0 Å². The van der Waals surface area contributed by atoms with Crippen molar-refractivity contribution >= 4 is 33.5 Å². The van der Waals surface area contributed by atoms with Gasteiger partial charge in [0.15, 0.2) is 16.6 Å². The molecule has 1 aromatic carbocycles. The fourth-order valence-electron chi connectivity index (χ4n) is 3.59. The van der Waals surface area contributed by atoms with Gasteiger partial charge in [0, 0.05) is 44.9 Å². The number of aromatic amines is 2. The number of rotatable bonds is 6. The van der Waals surface area contributed by atoms with Crippen LogP contribution >= 0.6 is 11.3 Å². The Bertz CT molecular complexity index is 1620. The molecule has 11 nitrogen and oxygen atoms in total. The zero-order valence-corrected chi connectivity index (χ0v) is 19.1. The third kappa shape index (κ3) is 3.94. The lowest BCUT2D eigenvalue weighted by Crippen LogP contribution is -2.28. The highest BCUT2D eigenvalue weighted by Crippen LogP contribution is 2.38. The van der Waals surface area contributed by atoms with E-state index >= 15 is 0 Å². The van der Waals surface area contributed by atoms with Gasteiger partial charge in [-0.1, -0.05) is 41.7 Å². The van der Waals surface area contributed by atoms with E-state index in [4.69, 9.17) is 0 Å². The van der Waals surface area contributed by atoms with Gasteiger partial charge in [0.2, 0.25) is 5.91 Å². The molecule has 0 aliphatic rings. The minimum Gasteiger partial charge on any atom is -0.336 e. The van der Waals surface area contributed by atoms with Crippen LogP contribution in [0.15, 0.2) is 52.3 Å². The van der Waals surface area contributed by atoms with Gasteiger partial charge in [-0.25, -0.2) is 19.7 Å². The summed E-state index contributed by atoms with van der Waals surface area (Å²) in [5.41, 5.74) is 1.03. The summed E-state index contributed by atoms with van der Waals surface area (Å²) in [6.45, 7) is 0. The molecule has 0 saturated heterocycles. The number of fused-ring (bicyclic) bond motifs is 1. The van der Waals surface area contributed by atoms with Gasteiger partial charge in [0.25, 0.3) is 5.56 Å². The predicted octanol–water partition coefficient (Wildman–Crippen LogP) is 2.05. The third-order valence-electron chi connectivity index (χ3n) is 5.34. The molecular weight excluding hydrogens is 456 g/mol. The first kappa shape index (κ1) is 21.5. The monoisotopic (exact) mass is 476 g/mol. The maximum absolute atomic E-state index is 12.7. The van der Waals surface area contributed by atoms with Crippen LogP contribution in [0.25, 0.3) is 33.1 Å². The van der Waals surface area contributed by atoms with Crippen molar-refractivity contribution in [2.24, 2.45) is 14.1 Å². The number of hydrogen-bond donors (Lipinski definition) is 3. The van der Waals surface area contributed by atoms with E-state index in [9.17, 15) is 14.4 Å². The Labute approximate surface area is 196 Å². The van der Waals surface area contributed by atoms with E-state index in [0.717, 1.165) is 22.0 Å². The molecule has 4 aromatic heterocycles. The van der Waals surface area contributed by atoms with Crippen LogP contribution in [0.4, 0.5) is 5.13 Å². The summed E-state index contributed by atoms with van der Waals surface area (Å²) in [5.74, 6) is 0.952. The molecule has 0 radical (unpaired) electrons. The van der Waals surface area contributed by atoms with E-state index in [1.807, 2.05) is 48.1 Å². The average molecular weight is 477 g/mol. The quantitative estimate of drug-likeness (QED) is 0.342. The zero-order valence-electron chi connectivity index (χ0n) is 18.3. The number of anilines is 1. The lowest BCUT2D eigenvalue weighted by Gasteiger charge is -2.02. The number of imidazole rings is 2. The van der Waals surface area contributed by atoms with E-state index in [2.05, 4.69) is 30.2 Å². The highest BCUT2D eigenvalue weighted by molar-refractivity contribution is 7.19. The molecule has 5 rings (SSSR count). The van der Waals surface area contributed by atoms with Gasteiger partial charge in [-0.15, -0.1) is 0 Å². The second-order valence-electron chi connectivity index (χ2n) is 7.67. The molecule has 12 heteroatoms. The predicted molar refractivity (Wildman–Crippen MR) is 129 cm³/mol. The topological polar surface area (TPSA) is 143 Å². The van der Waals surface area contributed by atoms with Crippen molar-refractivity contribution in [3.8, 4) is 22.0 Å². The lowest BCUT2D eigenvalue weighted by molar-refractivity contribution is -0.116. The first-order valence-corrected chi connectivity index (χ1v) is 11.2. The minimum atomic E-state index is -0.546. The number of nitrogens with zero attached hydrogens (tertiary/aromatic N) is 5. The fourth-order valence-corrected chi connectivity index (χ4v) is 4.63. The molecule has 3 N–H and O–H groups in total. The van der Waals surface area contributed by atoms with Crippen LogP contribution in [0.1, 0.15) is 12.2 Å². The summed E-state index contributed by atoms with van der Waals surface area (Å²) >= 11 is 1.35. The van der Waals surface area contributed by atoms with Crippen molar-refractivity contribution in [2.75, 3.05) is 5.32 Å². The standard InChI is InChI=1S/C22H20N8O3S/c1-29-11-10-23-19(29)17-15(12-6-4-3-5-7-12)27-21(34-17)26-14(31)9-8-13-24-16-18(25-13)30(2)22(33)28-20(16)32/h3-7,10-11H,8-9H2,1-2H3,(H,24,25)(H,26,27,31)(H,28,32,33). The first-order valence-electron chi connectivity index (χ1n) is 10.4. The molecule has 0 saturated carbocycles. The molecule has 1 amide bonds. The number of aryl methyl sites for hydroxylation is 3. The molecule has 34 heavy (non-hydrogen) atoms. The third-order valence-corrected chi connectivity index (χ3v) is 6.30. The minimum absolute atomic E-state index is 0.115. The van der Waals surface area contributed by atoms with Gasteiger partial charge < -0.3 is 14.9 Å². The van der Waals surface area contributed by atoms with Gasteiger partial charge in [0.1, 0.15) is 11.3 Å². The number of aromatic nitrogens is 7. The molecule has 0 bridgehead atoms. The average Bonchev–Trinajstić information content (AvgIpc) is 3.55. The fraction of sp³-hybridized carbons (Fsp3) is 0.182. The first-order chi connectivity index (χ1) is 16.4. The zero-order chi connectivity index (χ0) is 23.8. The van der Waals surface area contributed by atoms with Crippen molar-refractivity contribution in [1.29, 1.82) is 0 Å². The lowest BCUT2D eigenvalue weighted by atomic mass is 10.1. The number of nitrogens with one attached hydrogen (secondary N) is 3. The smallest absolute Gasteiger partial charge is 0.329 e. The molecule has 5 aromatic rings. The Kier molecular flexibility index (Phi) is 5.42. The van der Waals surface area contributed by atoms with E-state index in [0.29, 0.717) is 11.0 Å². The van der Waals surface area contributed by atoms with Crippen LogP contribution in [-0.2, 0) is 25.3 Å². The van der Waals surface area contributed by atoms with E-state index < -0.39 is 11.2 Å². The Morgan fingerprint density at radius 2 is 1.91 bits per heavy atom. The van der Waals surface area contributed by atoms with Gasteiger partial charge in [-0.3, -0.25) is 19.1 Å². The summed E-state index contributed by atoms with van der Waals surface area (Å²) in [6, 6.07) is 9.73. The van der Waals surface area contributed by atoms with Crippen molar-refractivity contribution in [2.45, 2.75) is 12.8 Å². The Hall–Kier alpha value is -4.32. The Balaban J connectivity index is 1.37. The number of benzene rings is 1. The second kappa shape index (κ2) is 8.56. The van der Waals surface area contributed by atoms with Gasteiger partial charge in [-0.05, 0) is 0 Å². The summed E-state index contributed by atoms with van der Waals surface area (Å²) in [6.07, 6.45) is 3.95. The molecule has 0 spiro atoms. The van der Waals surface area contributed by atoms with Gasteiger partial charge in [-0.2, -0.15) is 0 Å². The largest absolute Gasteiger partial charge is 0.336 e. The van der Waals surface area contributed by atoms with Crippen LogP contribution in [0.3, 0.4) is 0 Å². The van der Waals surface area contributed by atoms with E-state index in [-0.39, 0.29) is 29.9 Å². The Morgan fingerprint density at radius 3 is 2.65 bits per heavy atom. The summed E-state index contributed by atoms with van der Waals surface area (Å²) < 4.78 is 3.15. The summed E-state index contributed by atoms with van der Waals surface area (Å²) in [7, 11) is 3.42. The highest BCUT2D eigenvalue weighted by atomic mass is 32.1. The molecule has 172 valence electrons. The maximum atomic E-state index is 12.7. The van der Waals surface area contributed by atoms with Crippen LogP contribution in [0, 0.1) is 0 Å². The highest BCUT2D eigenvalue weighted by Gasteiger charge is 2.19. The van der Waals surface area contributed by atoms with Crippen LogP contribution in [0.2, 0.25) is 0 Å². The molecular formula is C22H20N8O3S. The molecule has 0 aliphatic heterocycles. The second-order valence-corrected chi connectivity index (χ2v) is 8.67. The molecule has 0 fully saturated rings. The molecule has 0 aliphatic carbocycles. The van der Waals surface area contributed by atoms with E-state index in [1.54, 1.807) is 6.20 Å². The molecule has 0 atom stereocenters. The van der Waals surface area contributed by atoms with Crippen molar-refractivity contribution < 1.29 is 4.79 Å². The van der Waals surface area contributed by atoms with Crippen LogP contribution in [-0.4, -0.2) is 40.0 Å². The molecule has 4 heterocycles. The summed E-state index contributed by atoms with van der Waals surface area (Å²) in [5, 5.41) is 3.32. The molecule has 0 unspecified atom stereocenters. The van der Waals surface area contributed by atoms with Gasteiger partial charge in [0.05, 0.1) is 10.6 Å². The van der Waals surface area contributed by atoms with Crippen LogP contribution < -0.4 is 16.6 Å². The van der Waals surface area contributed by atoms with E-state index in [1.165, 1.54) is 23.0 Å². The normalized spacial score (nSPS) is 11.2. The number of thiazole rings is 1. The number of H-pyrrole nitrogens is 2. The number of amides is 1. The summed E-state index contributed by atoms with van der Waals surface area (Å²) in [4.78, 5) is 55.8. The van der Waals surface area contributed by atoms with Crippen LogP contribution in [0.5, 0.6) is 0 Å². The van der Waals surface area contributed by atoms with Gasteiger partial charge >= 0.3 is 5.69 Å².